The van der Waals surface area contributed by atoms with E-state index < -0.39 is 11.2 Å². The number of aromatic nitrogens is 1. The fourth-order valence-corrected chi connectivity index (χ4v) is 4.70. The number of nitrogens with two attached hydrogens (primary N) is 1. The van der Waals surface area contributed by atoms with Gasteiger partial charge in [-0.1, -0.05) is 19.1 Å². The summed E-state index contributed by atoms with van der Waals surface area (Å²) < 4.78 is 15.2. The van der Waals surface area contributed by atoms with Crippen molar-refractivity contribution in [3.05, 3.63) is 47.4 Å². The molecular formula is C22H25FN4O2. The number of pyridine rings is 1. The van der Waals surface area contributed by atoms with E-state index in [1.807, 2.05) is 13.0 Å². The maximum atomic E-state index is 15.2. The number of hydrogen-bond donors (Lipinski definition) is 2. The summed E-state index contributed by atoms with van der Waals surface area (Å²) in [6, 6.07) is 6.76. The van der Waals surface area contributed by atoms with Crippen molar-refractivity contribution < 1.29 is 14.0 Å². The number of carbonyl (C=O) groups excluding carboxylic acids is 2. The Hall–Kier alpha value is -2.96. The normalized spacial score (nSPS) is 25.0. The largest absolute Gasteiger partial charge is 0.369 e. The lowest BCUT2D eigenvalue weighted by atomic mass is 9.76. The summed E-state index contributed by atoms with van der Waals surface area (Å²) in [5.74, 6) is -0.456. The molecule has 1 saturated carbocycles. The Kier molecular flexibility index (Phi) is 4.37. The molecule has 6 nitrogen and oxygen atoms in total. The molecule has 1 aliphatic carbocycles. The molecule has 0 unspecified atom stereocenters. The van der Waals surface area contributed by atoms with Crippen LogP contribution in [0.4, 0.5) is 10.2 Å². The van der Waals surface area contributed by atoms with Gasteiger partial charge >= 0.3 is 0 Å². The van der Waals surface area contributed by atoms with E-state index in [1.165, 1.54) is 11.0 Å². The van der Waals surface area contributed by atoms with Crippen LogP contribution in [-0.2, 0) is 10.2 Å². The van der Waals surface area contributed by atoms with Gasteiger partial charge in [0.2, 0.25) is 5.91 Å². The second-order valence-corrected chi connectivity index (χ2v) is 8.72. The molecule has 152 valence electrons. The van der Waals surface area contributed by atoms with Crippen molar-refractivity contribution in [1.82, 2.24) is 9.88 Å². The molecule has 7 heteroatoms. The van der Waals surface area contributed by atoms with Crippen molar-refractivity contribution in [2.45, 2.75) is 31.6 Å². The molecule has 1 aromatic carbocycles. The number of fused-ring (bicyclic) bond motifs is 2. The van der Waals surface area contributed by atoms with Crippen LogP contribution in [-0.4, -0.2) is 42.3 Å². The van der Waals surface area contributed by atoms with Gasteiger partial charge < -0.3 is 16.0 Å². The van der Waals surface area contributed by atoms with Crippen molar-refractivity contribution in [3.8, 4) is 11.1 Å². The Morgan fingerprint density at radius 2 is 2.03 bits per heavy atom. The third-order valence-electron chi connectivity index (χ3n) is 6.48. The number of nitrogens with zero attached hydrogens (tertiary/aromatic N) is 2. The highest BCUT2D eigenvalue weighted by molar-refractivity contribution is 5.95. The molecule has 4 rings (SSSR count). The van der Waals surface area contributed by atoms with Gasteiger partial charge in [-0.15, -0.1) is 0 Å². The summed E-state index contributed by atoms with van der Waals surface area (Å²) in [6.07, 6.45) is 3.80. The number of benzene rings is 1. The Morgan fingerprint density at radius 1 is 1.28 bits per heavy atom. The number of carbonyl (C=O) groups is 2. The molecule has 29 heavy (non-hydrogen) atoms. The van der Waals surface area contributed by atoms with Crippen LogP contribution in [0.5, 0.6) is 0 Å². The molecule has 2 aromatic rings. The standard InChI is InChI=1S/C22H25FN4O2/c1-21(20(24)29)7-8-22(11-21)12-26-18-16(22)9-13(10-25-18)14-5-4-6-15(17(14)23)19(28)27(2)3/h4-6,9-10H,7-8,11-12H2,1-3H3,(H2,24,29)(H,25,26)/t21-,22+/m0/s1. The lowest BCUT2D eigenvalue weighted by molar-refractivity contribution is -0.126. The number of hydrogen-bond acceptors (Lipinski definition) is 4. The number of anilines is 1. The summed E-state index contributed by atoms with van der Waals surface area (Å²) in [6.45, 7) is 2.60. The van der Waals surface area contributed by atoms with Crippen LogP contribution in [0, 0.1) is 11.2 Å². The number of primary amides is 1. The molecule has 1 aromatic heterocycles. The van der Waals surface area contributed by atoms with Gasteiger partial charge in [-0.2, -0.15) is 0 Å². The summed E-state index contributed by atoms with van der Waals surface area (Å²) in [5.41, 5.74) is 6.83. The van der Waals surface area contributed by atoms with Gasteiger partial charge in [0, 0.05) is 54.4 Å². The number of halogens is 1. The third kappa shape index (κ3) is 2.96. The SMILES string of the molecule is CN(C)C(=O)c1cccc(-c2cnc3c(c2)[C@@]2(CC[C@](C)(C(N)=O)C2)CN3)c1F. The third-order valence-corrected chi connectivity index (χ3v) is 6.48. The minimum Gasteiger partial charge on any atom is -0.369 e. The summed E-state index contributed by atoms with van der Waals surface area (Å²) in [7, 11) is 3.19. The second-order valence-electron chi connectivity index (χ2n) is 8.72. The van der Waals surface area contributed by atoms with E-state index in [0.717, 1.165) is 24.2 Å². The minimum absolute atomic E-state index is 0.0306. The zero-order valence-electron chi connectivity index (χ0n) is 16.9. The molecule has 2 atom stereocenters. The molecule has 3 N–H and O–H groups in total. The van der Waals surface area contributed by atoms with E-state index in [-0.39, 0.29) is 22.8 Å². The Morgan fingerprint density at radius 3 is 2.69 bits per heavy atom. The smallest absolute Gasteiger partial charge is 0.256 e. The maximum Gasteiger partial charge on any atom is 0.256 e. The van der Waals surface area contributed by atoms with Gasteiger partial charge in [0.15, 0.2) is 0 Å². The van der Waals surface area contributed by atoms with Crippen LogP contribution >= 0.6 is 0 Å². The highest BCUT2D eigenvalue weighted by Gasteiger charge is 2.52. The fraction of sp³-hybridized carbons (Fsp3) is 0.409. The van der Waals surface area contributed by atoms with E-state index in [4.69, 9.17) is 5.73 Å². The van der Waals surface area contributed by atoms with Gasteiger partial charge in [0.25, 0.3) is 5.91 Å². The van der Waals surface area contributed by atoms with Crippen LogP contribution in [0.25, 0.3) is 11.1 Å². The van der Waals surface area contributed by atoms with E-state index in [9.17, 15) is 9.59 Å². The van der Waals surface area contributed by atoms with Crippen LogP contribution in [0.1, 0.15) is 42.1 Å². The Bertz CT molecular complexity index is 1020. The van der Waals surface area contributed by atoms with Gasteiger partial charge in [-0.25, -0.2) is 9.37 Å². The zero-order chi connectivity index (χ0) is 21.0. The molecule has 0 saturated heterocycles. The number of rotatable bonds is 3. The Balaban J connectivity index is 1.77. The van der Waals surface area contributed by atoms with Crippen molar-refractivity contribution >= 4 is 17.6 Å². The fourth-order valence-electron chi connectivity index (χ4n) is 4.70. The molecule has 2 aliphatic rings. The van der Waals surface area contributed by atoms with Gasteiger partial charge in [0.1, 0.15) is 11.6 Å². The molecular weight excluding hydrogens is 371 g/mol. The first kappa shape index (κ1) is 19.4. The van der Waals surface area contributed by atoms with E-state index in [0.29, 0.717) is 24.1 Å². The molecule has 1 aliphatic heterocycles. The number of amides is 2. The zero-order valence-corrected chi connectivity index (χ0v) is 16.9. The van der Waals surface area contributed by atoms with E-state index >= 15 is 4.39 Å². The maximum absolute atomic E-state index is 15.2. The molecule has 1 fully saturated rings. The molecule has 2 amide bonds. The molecule has 0 radical (unpaired) electrons. The summed E-state index contributed by atoms with van der Waals surface area (Å²) >= 11 is 0. The predicted molar refractivity (Wildman–Crippen MR) is 109 cm³/mol. The quantitative estimate of drug-likeness (QED) is 0.835. The molecule has 2 heterocycles. The lowest BCUT2D eigenvalue weighted by Crippen LogP contribution is -2.35. The monoisotopic (exact) mass is 396 g/mol. The minimum atomic E-state index is -0.554. The topological polar surface area (TPSA) is 88.3 Å². The average Bonchev–Trinajstić information content (AvgIpc) is 3.23. The van der Waals surface area contributed by atoms with Crippen molar-refractivity contribution in [2.24, 2.45) is 11.1 Å². The van der Waals surface area contributed by atoms with E-state index in [2.05, 4.69) is 10.3 Å². The van der Waals surface area contributed by atoms with Crippen LogP contribution in [0.2, 0.25) is 0 Å². The number of nitrogens with one attached hydrogen (secondary N) is 1. The Labute approximate surface area is 169 Å². The van der Waals surface area contributed by atoms with Crippen LogP contribution in [0.3, 0.4) is 0 Å². The van der Waals surface area contributed by atoms with Gasteiger partial charge in [0.05, 0.1) is 5.56 Å². The van der Waals surface area contributed by atoms with Crippen molar-refractivity contribution in [1.29, 1.82) is 0 Å². The van der Waals surface area contributed by atoms with Crippen LogP contribution < -0.4 is 11.1 Å². The first-order chi connectivity index (χ1) is 13.7. The van der Waals surface area contributed by atoms with Crippen molar-refractivity contribution in [3.63, 3.8) is 0 Å². The first-order valence-electron chi connectivity index (χ1n) is 9.72. The highest BCUT2D eigenvalue weighted by atomic mass is 19.1. The summed E-state index contributed by atoms with van der Waals surface area (Å²) in [5, 5.41) is 3.33. The highest BCUT2D eigenvalue weighted by Crippen LogP contribution is 2.54. The second kappa shape index (κ2) is 6.54. The van der Waals surface area contributed by atoms with Gasteiger partial charge in [-0.3, -0.25) is 9.59 Å². The van der Waals surface area contributed by atoms with Gasteiger partial charge in [-0.05, 0) is 31.4 Å². The summed E-state index contributed by atoms with van der Waals surface area (Å²) in [4.78, 5) is 30.1. The molecule has 0 bridgehead atoms. The van der Waals surface area contributed by atoms with Crippen molar-refractivity contribution in [2.75, 3.05) is 26.0 Å². The molecule has 1 spiro atoms. The van der Waals surface area contributed by atoms with Crippen LogP contribution in [0.15, 0.2) is 30.5 Å². The van der Waals surface area contributed by atoms with E-state index in [1.54, 1.807) is 32.4 Å². The first-order valence-corrected chi connectivity index (χ1v) is 9.72. The average molecular weight is 396 g/mol. The predicted octanol–water partition coefficient (Wildman–Crippen LogP) is 2.93. The lowest BCUT2D eigenvalue weighted by Gasteiger charge is -2.26.